The van der Waals surface area contributed by atoms with E-state index in [2.05, 4.69) is 16.4 Å². The van der Waals surface area contributed by atoms with Gasteiger partial charge in [-0.3, -0.25) is 4.98 Å². The summed E-state index contributed by atoms with van der Waals surface area (Å²) in [5.74, 6) is -0.280. The van der Waals surface area contributed by atoms with Crippen LogP contribution in [0.4, 0.5) is 4.39 Å². The number of nitrogens with one attached hydrogen (secondary N) is 1. The summed E-state index contributed by atoms with van der Waals surface area (Å²) in [4.78, 5) is 4.04. The predicted octanol–water partition coefficient (Wildman–Crippen LogP) is 3.01. The molecule has 1 aliphatic carbocycles. The van der Waals surface area contributed by atoms with Gasteiger partial charge in [0.2, 0.25) is 0 Å². The van der Waals surface area contributed by atoms with Crippen LogP contribution in [0.5, 0.6) is 0 Å². The zero-order valence-corrected chi connectivity index (χ0v) is 10.9. The average Bonchev–Trinajstić information content (AvgIpc) is 3.30. The molecule has 0 amide bonds. The lowest BCUT2D eigenvalue weighted by Gasteiger charge is -2.11. The summed E-state index contributed by atoms with van der Waals surface area (Å²) in [6.45, 7) is 0.705. The number of nitrogens with zero attached hydrogens (tertiary/aromatic N) is 2. The summed E-state index contributed by atoms with van der Waals surface area (Å²) >= 11 is 0. The summed E-state index contributed by atoms with van der Waals surface area (Å²) in [6, 6.07) is 9.15. The van der Waals surface area contributed by atoms with Gasteiger partial charge in [0.25, 0.3) is 0 Å². The summed E-state index contributed by atoms with van der Waals surface area (Å²) in [6.07, 6.45) is 5.59. The van der Waals surface area contributed by atoms with Crippen LogP contribution < -0.4 is 5.32 Å². The van der Waals surface area contributed by atoms with Crippen molar-refractivity contribution in [2.45, 2.75) is 25.4 Å². The number of hydrogen-bond acceptors (Lipinski definition) is 3. The lowest BCUT2D eigenvalue weighted by molar-refractivity contribution is 0.625. The zero-order valence-electron chi connectivity index (χ0n) is 10.9. The molecule has 4 heteroatoms. The molecule has 0 aliphatic heterocycles. The van der Waals surface area contributed by atoms with Gasteiger partial charge < -0.3 is 5.32 Å². The molecule has 1 fully saturated rings. The van der Waals surface area contributed by atoms with Crippen LogP contribution in [0.25, 0.3) is 11.1 Å². The van der Waals surface area contributed by atoms with E-state index in [0.29, 0.717) is 18.2 Å². The molecule has 0 saturated heterocycles. The van der Waals surface area contributed by atoms with Crippen LogP contribution in [-0.2, 0) is 6.54 Å². The molecule has 20 heavy (non-hydrogen) atoms. The molecule has 1 aliphatic rings. The van der Waals surface area contributed by atoms with Crippen molar-refractivity contribution in [1.29, 1.82) is 5.26 Å². The van der Waals surface area contributed by atoms with E-state index in [1.807, 2.05) is 0 Å². The number of benzene rings is 1. The molecule has 0 radical (unpaired) electrons. The van der Waals surface area contributed by atoms with E-state index < -0.39 is 0 Å². The quantitative estimate of drug-likeness (QED) is 0.926. The van der Waals surface area contributed by atoms with Gasteiger partial charge >= 0.3 is 0 Å². The van der Waals surface area contributed by atoms with Crippen LogP contribution in [0, 0.1) is 17.1 Å². The van der Waals surface area contributed by atoms with Crippen molar-refractivity contribution < 1.29 is 4.39 Å². The molecule has 1 aromatic heterocycles. The Morgan fingerprint density at radius 1 is 1.30 bits per heavy atom. The minimum absolute atomic E-state index is 0.280. The van der Waals surface area contributed by atoms with Gasteiger partial charge in [0.15, 0.2) is 0 Å². The maximum atomic E-state index is 13.5. The van der Waals surface area contributed by atoms with Gasteiger partial charge in [0.05, 0.1) is 5.56 Å². The number of rotatable bonds is 4. The second-order valence-corrected chi connectivity index (χ2v) is 5.03. The Bertz CT molecular complexity index is 672. The molecule has 1 aromatic carbocycles. The molecule has 100 valence electrons. The molecule has 2 aromatic rings. The third-order valence-corrected chi connectivity index (χ3v) is 3.41. The Labute approximate surface area is 117 Å². The van der Waals surface area contributed by atoms with E-state index in [9.17, 15) is 4.39 Å². The van der Waals surface area contributed by atoms with Crippen molar-refractivity contribution in [3.05, 3.63) is 53.6 Å². The fraction of sp³-hybridized carbons (Fsp3) is 0.250. The monoisotopic (exact) mass is 267 g/mol. The molecule has 3 nitrogen and oxygen atoms in total. The van der Waals surface area contributed by atoms with Crippen LogP contribution >= 0.6 is 0 Å². The minimum Gasteiger partial charge on any atom is -0.310 e. The van der Waals surface area contributed by atoms with E-state index in [1.165, 1.54) is 31.2 Å². The standard InChI is InChI=1S/C16H14FN3/c17-14-2-1-12(10-20-15-3-4-15)16(6-14)13-5-11(7-18)8-19-9-13/h1-2,5-6,8-9,15,20H,3-4,10H2. The first-order chi connectivity index (χ1) is 9.76. The van der Waals surface area contributed by atoms with Crippen molar-refractivity contribution in [3.63, 3.8) is 0 Å². The molecule has 1 heterocycles. The minimum atomic E-state index is -0.280. The first kappa shape index (κ1) is 12.8. The SMILES string of the molecule is N#Cc1cncc(-c2cc(F)ccc2CNC2CC2)c1. The molecule has 0 spiro atoms. The van der Waals surface area contributed by atoms with Crippen molar-refractivity contribution in [2.24, 2.45) is 0 Å². The van der Waals surface area contributed by atoms with Crippen LogP contribution in [0.1, 0.15) is 24.0 Å². The number of hydrogen-bond donors (Lipinski definition) is 1. The van der Waals surface area contributed by atoms with E-state index in [1.54, 1.807) is 18.3 Å². The van der Waals surface area contributed by atoms with E-state index in [0.717, 1.165) is 16.7 Å². The third-order valence-electron chi connectivity index (χ3n) is 3.41. The van der Waals surface area contributed by atoms with E-state index >= 15 is 0 Å². The maximum absolute atomic E-state index is 13.5. The molecule has 1 saturated carbocycles. The summed E-state index contributed by atoms with van der Waals surface area (Å²) in [5, 5.41) is 12.4. The van der Waals surface area contributed by atoms with Crippen molar-refractivity contribution >= 4 is 0 Å². The summed E-state index contributed by atoms with van der Waals surface area (Å²) in [5.41, 5.74) is 3.07. The van der Waals surface area contributed by atoms with Gasteiger partial charge in [-0.2, -0.15) is 5.26 Å². The highest BCUT2D eigenvalue weighted by Gasteiger charge is 2.20. The molecular formula is C16H14FN3. The van der Waals surface area contributed by atoms with Crippen LogP contribution in [0.15, 0.2) is 36.7 Å². The number of aromatic nitrogens is 1. The Kier molecular flexibility index (Phi) is 3.44. The fourth-order valence-electron chi connectivity index (χ4n) is 2.16. The van der Waals surface area contributed by atoms with Crippen molar-refractivity contribution in [1.82, 2.24) is 10.3 Å². The number of pyridine rings is 1. The summed E-state index contributed by atoms with van der Waals surface area (Å²) < 4.78 is 13.5. The van der Waals surface area contributed by atoms with Crippen LogP contribution in [-0.4, -0.2) is 11.0 Å². The van der Waals surface area contributed by atoms with E-state index in [4.69, 9.17) is 5.26 Å². The molecule has 3 rings (SSSR count). The van der Waals surface area contributed by atoms with Gasteiger partial charge in [-0.05, 0) is 42.2 Å². The molecule has 1 N–H and O–H groups in total. The van der Waals surface area contributed by atoms with Gasteiger partial charge in [0, 0.05) is 30.5 Å². The Hall–Kier alpha value is -2.25. The second kappa shape index (κ2) is 5.40. The molecule has 0 bridgehead atoms. The number of halogens is 1. The molecule has 0 atom stereocenters. The first-order valence-corrected chi connectivity index (χ1v) is 6.63. The molecule has 0 unspecified atom stereocenters. The highest BCUT2D eigenvalue weighted by molar-refractivity contribution is 5.67. The smallest absolute Gasteiger partial charge is 0.123 e. The van der Waals surface area contributed by atoms with Crippen molar-refractivity contribution in [3.8, 4) is 17.2 Å². The highest BCUT2D eigenvalue weighted by atomic mass is 19.1. The third kappa shape index (κ3) is 2.84. The Balaban J connectivity index is 1.96. The summed E-state index contributed by atoms with van der Waals surface area (Å²) in [7, 11) is 0. The predicted molar refractivity (Wildman–Crippen MR) is 74.2 cm³/mol. The van der Waals surface area contributed by atoms with Gasteiger partial charge in [-0.1, -0.05) is 6.07 Å². The number of nitriles is 1. The fourth-order valence-corrected chi connectivity index (χ4v) is 2.16. The van der Waals surface area contributed by atoms with Gasteiger partial charge in [0.1, 0.15) is 11.9 Å². The maximum Gasteiger partial charge on any atom is 0.123 e. The first-order valence-electron chi connectivity index (χ1n) is 6.63. The molecular weight excluding hydrogens is 253 g/mol. The Morgan fingerprint density at radius 3 is 2.90 bits per heavy atom. The van der Waals surface area contributed by atoms with E-state index in [-0.39, 0.29) is 5.82 Å². The van der Waals surface area contributed by atoms with Crippen molar-refractivity contribution in [2.75, 3.05) is 0 Å². The normalized spacial score (nSPS) is 14.0. The topological polar surface area (TPSA) is 48.7 Å². The largest absolute Gasteiger partial charge is 0.310 e. The Morgan fingerprint density at radius 2 is 2.15 bits per heavy atom. The second-order valence-electron chi connectivity index (χ2n) is 5.03. The average molecular weight is 267 g/mol. The highest BCUT2D eigenvalue weighted by Crippen LogP contribution is 2.26. The van der Waals surface area contributed by atoms with Gasteiger partial charge in [-0.25, -0.2) is 4.39 Å². The zero-order chi connectivity index (χ0) is 13.9. The van der Waals surface area contributed by atoms with Crippen LogP contribution in [0.2, 0.25) is 0 Å². The lowest BCUT2D eigenvalue weighted by Crippen LogP contribution is -2.16. The lowest BCUT2D eigenvalue weighted by atomic mass is 10.00. The van der Waals surface area contributed by atoms with Crippen LogP contribution in [0.3, 0.4) is 0 Å². The van der Waals surface area contributed by atoms with Gasteiger partial charge in [-0.15, -0.1) is 0 Å².